The van der Waals surface area contributed by atoms with Crippen molar-refractivity contribution in [3.8, 4) is 22.5 Å². The Hall–Kier alpha value is -3.10. The molecule has 0 saturated carbocycles. The van der Waals surface area contributed by atoms with Crippen molar-refractivity contribution in [1.82, 2.24) is 20.3 Å². The molecule has 2 aromatic heterocycles. The van der Waals surface area contributed by atoms with Crippen LogP contribution in [0.25, 0.3) is 22.5 Å². The molecule has 0 bridgehead atoms. The molecule has 0 aliphatic carbocycles. The van der Waals surface area contributed by atoms with Crippen LogP contribution in [0.15, 0.2) is 48.9 Å². The number of hydrogen-bond donors (Lipinski definition) is 2. The summed E-state index contributed by atoms with van der Waals surface area (Å²) in [4.78, 5) is 27.0. The van der Waals surface area contributed by atoms with Crippen LogP contribution in [0.4, 0.5) is 10.2 Å². The van der Waals surface area contributed by atoms with E-state index >= 15 is 0 Å². The van der Waals surface area contributed by atoms with Gasteiger partial charge in [-0.3, -0.25) is 14.8 Å². The predicted molar refractivity (Wildman–Crippen MR) is 109 cm³/mol. The number of nitrogens with zero attached hydrogens (tertiary/aromatic N) is 4. The number of pyridine rings is 1. The smallest absolute Gasteiger partial charge is 0.241 e. The van der Waals surface area contributed by atoms with E-state index in [2.05, 4.69) is 15.3 Å². The molecule has 3 aromatic rings. The van der Waals surface area contributed by atoms with Gasteiger partial charge in [-0.25, -0.2) is 9.37 Å². The molecule has 1 amide bonds. The van der Waals surface area contributed by atoms with E-state index in [9.17, 15) is 9.18 Å². The number of amides is 1. The zero-order chi connectivity index (χ0) is 20.6. The quantitative estimate of drug-likeness (QED) is 0.667. The van der Waals surface area contributed by atoms with Gasteiger partial charge in [0.1, 0.15) is 22.9 Å². The minimum absolute atomic E-state index is 0.336. The number of nitrogens with one attached hydrogen (secondary N) is 1. The molecule has 0 radical (unpaired) electrons. The molecule has 9 heteroatoms. The monoisotopic (exact) mass is 412 g/mol. The summed E-state index contributed by atoms with van der Waals surface area (Å²) in [5.41, 5.74) is 7.21. The summed E-state index contributed by atoms with van der Waals surface area (Å²) < 4.78 is 13.4. The largest absolute Gasteiger partial charge is 0.368 e. The highest BCUT2D eigenvalue weighted by atomic mass is 35.5. The van der Waals surface area contributed by atoms with Gasteiger partial charge in [0, 0.05) is 36.6 Å². The first-order chi connectivity index (χ1) is 13.9. The van der Waals surface area contributed by atoms with Crippen LogP contribution in [0.5, 0.6) is 0 Å². The van der Waals surface area contributed by atoms with Gasteiger partial charge in [-0.15, -0.1) is 0 Å². The lowest BCUT2D eigenvalue weighted by Gasteiger charge is -2.48. The average Bonchev–Trinajstić information content (AvgIpc) is 2.68. The van der Waals surface area contributed by atoms with Crippen LogP contribution < -0.4 is 16.0 Å². The Labute approximate surface area is 171 Å². The second kappa shape index (κ2) is 7.38. The summed E-state index contributed by atoms with van der Waals surface area (Å²) in [5, 5.41) is 3.41. The van der Waals surface area contributed by atoms with Crippen molar-refractivity contribution in [2.45, 2.75) is 5.54 Å². The van der Waals surface area contributed by atoms with Gasteiger partial charge in [-0.1, -0.05) is 11.6 Å². The Morgan fingerprint density at radius 1 is 1.21 bits per heavy atom. The second-order valence-corrected chi connectivity index (χ2v) is 7.25. The van der Waals surface area contributed by atoms with Crippen molar-refractivity contribution >= 4 is 23.3 Å². The molecule has 3 N–H and O–H groups in total. The van der Waals surface area contributed by atoms with Gasteiger partial charge >= 0.3 is 0 Å². The van der Waals surface area contributed by atoms with Crippen molar-refractivity contribution in [2.75, 3.05) is 25.0 Å². The van der Waals surface area contributed by atoms with Crippen molar-refractivity contribution in [1.29, 1.82) is 0 Å². The fourth-order valence-corrected chi connectivity index (χ4v) is 3.52. The SMILES string of the molecule is CNC1(C(N)=O)CN(c2cnc(-c3ccc(F)cc3)c(-c3ccncc3Cl)n2)C1. The molecule has 0 atom stereocenters. The fraction of sp³-hybridized carbons (Fsp3) is 0.200. The van der Waals surface area contributed by atoms with Crippen molar-refractivity contribution in [2.24, 2.45) is 5.73 Å². The normalized spacial score (nSPS) is 15.1. The third-order valence-electron chi connectivity index (χ3n) is 5.10. The minimum Gasteiger partial charge on any atom is -0.368 e. The van der Waals surface area contributed by atoms with Crippen molar-refractivity contribution in [3.63, 3.8) is 0 Å². The third-order valence-corrected chi connectivity index (χ3v) is 5.40. The minimum atomic E-state index is -0.786. The van der Waals surface area contributed by atoms with E-state index in [-0.39, 0.29) is 5.82 Å². The molecule has 0 unspecified atom stereocenters. The highest BCUT2D eigenvalue weighted by Crippen LogP contribution is 2.35. The molecule has 29 heavy (non-hydrogen) atoms. The molecular weight excluding hydrogens is 395 g/mol. The number of likely N-dealkylation sites (N-methyl/N-ethyl adjacent to an activating group) is 1. The first-order valence-corrected chi connectivity index (χ1v) is 9.28. The standard InChI is InChI=1S/C20H18ClFN6O/c1-24-20(19(23)29)10-28(11-20)16-9-26-17(12-2-4-13(22)5-3-12)18(27-16)14-6-7-25-8-15(14)21/h2-9,24H,10-11H2,1H3,(H2,23,29). The highest BCUT2D eigenvalue weighted by molar-refractivity contribution is 6.33. The molecule has 1 fully saturated rings. The third kappa shape index (κ3) is 3.41. The maximum atomic E-state index is 13.4. The van der Waals surface area contributed by atoms with E-state index in [1.54, 1.807) is 37.6 Å². The lowest BCUT2D eigenvalue weighted by molar-refractivity contribution is -0.125. The summed E-state index contributed by atoms with van der Waals surface area (Å²) in [5.74, 6) is -0.160. The van der Waals surface area contributed by atoms with Crippen molar-refractivity contribution < 1.29 is 9.18 Å². The first-order valence-electron chi connectivity index (χ1n) is 8.90. The Kier molecular flexibility index (Phi) is 4.89. The Morgan fingerprint density at radius 3 is 2.55 bits per heavy atom. The highest BCUT2D eigenvalue weighted by Gasteiger charge is 2.47. The fourth-order valence-electron chi connectivity index (χ4n) is 3.31. The van der Waals surface area contributed by atoms with Crippen molar-refractivity contribution in [3.05, 3.63) is 59.8 Å². The van der Waals surface area contributed by atoms with Crippen LogP contribution >= 0.6 is 11.6 Å². The zero-order valence-corrected chi connectivity index (χ0v) is 16.3. The predicted octanol–water partition coefficient (Wildman–Crippen LogP) is 2.26. The van der Waals surface area contributed by atoms with Gasteiger partial charge in [-0.2, -0.15) is 0 Å². The number of nitrogens with two attached hydrogens (primary N) is 1. The molecule has 148 valence electrons. The molecule has 1 saturated heterocycles. The number of benzene rings is 1. The number of carbonyl (C=O) groups is 1. The van der Waals surface area contributed by atoms with Crippen LogP contribution in [0.1, 0.15) is 0 Å². The Balaban J connectivity index is 1.78. The Bertz CT molecular complexity index is 1070. The van der Waals surface area contributed by atoms with E-state index in [4.69, 9.17) is 22.3 Å². The summed E-state index contributed by atoms with van der Waals surface area (Å²) in [7, 11) is 1.70. The van der Waals surface area contributed by atoms with Crippen LogP contribution in [0.2, 0.25) is 5.02 Å². The molecule has 1 aliphatic rings. The van der Waals surface area contributed by atoms with Gasteiger partial charge in [0.2, 0.25) is 5.91 Å². The van der Waals surface area contributed by atoms with Gasteiger partial charge < -0.3 is 16.0 Å². The summed E-state index contributed by atoms with van der Waals surface area (Å²) in [6, 6.07) is 7.76. The number of anilines is 1. The molecule has 3 heterocycles. The van der Waals surface area contributed by atoms with Gasteiger partial charge in [0.25, 0.3) is 0 Å². The van der Waals surface area contributed by atoms with E-state index in [0.29, 0.717) is 46.4 Å². The maximum absolute atomic E-state index is 13.4. The lowest BCUT2D eigenvalue weighted by Crippen LogP contribution is -2.74. The van der Waals surface area contributed by atoms with E-state index in [1.165, 1.54) is 18.3 Å². The number of primary amides is 1. The van der Waals surface area contributed by atoms with Crippen LogP contribution in [0.3, 0.4) is 0 Å². The maximum Gasteiger partial charge on any atom is 0.241 e. The average molecular weight is 413 g/mol. The van der Waals surface area contributed by atoms with E-state index < -0.39 is 11.4 Å². The zero-order valence-electron chi connectivity index (χ0n) is 15.6. The second-order valence-electron chi connectivity index (χ2n) is 6.84. The number of carbonyl (C=O) groups excluding carboxylic acids is 1. The van der Waals surface area contributed by atoms with Crippen LogP contribution in [0, 0.1) is 5.82 Å². The molecule has 0 spiro atoms. The van der Waals surface area contributed by atoms with Crippen LogP contribution in [-0.2, 0) is 4.79 Å². The topological polar surface area (TPSA) is 97.0 Å². The van der Waals surface area contributed by atoms with E-state index in [1.807, 2.05) is 4.90 Å². The van der Waals surface area contributed by atoms with Gasteiger partial charge in [0.15, 0.2) is 0 Å². The summed E-state index contributed by atoms with van der Waals surface area (Å²) in [6.07, 6.45) is 4.77. The summed E-state index contributed by atoms with van der Waals surface area (Å²) in [6.45, 7) is 0.764. The molecule has 1 aliphatic heterocycles. The molecule has 7 nitrogen and oxygen atoms in total. The molecule has 4 rings (SSSR count). The molecule has 1 aromatic carbocycles. The molecular formula is C20H18ClFN6O. The lowest BCUT2D eigenvalue weighted by atomic mass is 9.89. The van der Waals surface area contributed by atoms with Gasteiger partial charge in [-0.05, 0) is 37.4 Å². The number of halogens is 2. The Morgan fingerprint density at radius 2 is 1.93 bits per heavy atom. The summed E-state index contributed by atoms with van der Waals surface area (Å²) >= 11 is 6.36. The number of rotatable bonds is 5. The number of aromatic nitrogens is 3. The first kappa shape index (κ1) is 19.2. The van der Waals surface area contributed by atoms with Crippen LogP contribution in [-0.4, -0.2) is 46.5 Å². The van der Waals surface area contributed by atoms with E-state index in [0.717, 1.165) is 0 Å². The number of hydrogen-bond acceptors (Lipinski definition) is 6. The van der Waals surface area contributed by atoms with Gasteiger partial charge in [0.05, 0.1) is 16.9 Å².